The van der Waals surface area contributed by atoms with E-state index in [1.54, 1.807) is 0 Å². The van der Waals surface area contributed by atoms with Crippen molar-refractivity contribution in [1.82, 2.24) is 10.3 Å². The molecule has 1 aliphatic carbocycles. The van der Waals surface area contributed by atoms with Crippen LogP contribution in [0.25, 0.3) is 0 Å². The number of hydrogen-bond acceptors (Lipinski definition) is 4. The van der Waals surface area contributed by atoms with Gasteiger partial charge in [0.1, 0.15) is 0 Å². The summed E-state index contributed by atoms with van der Waals surface area (Å²) in [5.74, 6) is -0.659. The minimum atomic E-state index is -0.644. The molecule has 2 N–H and O–H groups in total. The van der Waals surface area contributed by atoms with Crippen LogP contribution in [0.2, 0.25) is 0 Å². The standard InChI is InChI=1S/C10H13N3O2S/c1-6-5-16-10(12-6)13-9(15)8(14)11-4-7-2-3-7/h5,7H,2-4H2,1H3,(H,11,14)(H,12,13,15). The molecule has 0 radical (unpaired) electrons. The van der Waals surface area contributed by atoms with Crippen molar-refractivity contribution < 1.29 is 9.59 Å². The molecule has 2 rings (SSSR count). The van der Waals surface area contributed by atoms with Gasteiger partial charge in [0.25, 0.3) is 0 Å². The fourth-order valence-corrected chi connectivity index (χ4v) is 1.89. The van der Waals surface area contributed by atoms with E-state index < -0.39 is 11.8 Å². The fraction of sp³-hybridized carbons (Fsp3) is 0.500. The summed E-state index contributed by atoms with van der Waals surface area (Å²) in [6.07, 6.45) is 2.29. The van der Waals surface area contributed by atoms with Gasteiger partial charge in [0.15, 0.2) is 5.13 Å². The number of anilines is 1. The van der Waals surface area contributed by atoms with Crippen LogP contribution in [0.1, 0.15) is 18.5 Å². The molecule has 6 heteroatoms. The van der Waals surface area contributed by atoms with Crippen LogP contribution < -0.4 is 10.6 Å². The van der Waals surface area contributed by atoms with Gasteiger partial charge >= 0.3 is 11.8 Å². The van der Waals surface area contributed by atoms with Crippen LogP contribution in [-0.4, -0.2) is 23.3 Å². The highest BCUT2D eigenvalue weighted by molar-refractivity contribution is 7.14. The summed E-state index contributed by atoms with van der Waals surface area (Å²) < 4.78 is 0. The van der Waals surface area contributed by atoms with E-state index in [2.05, 4.69) is 15.6 Å². The van der Waals surface area contributed by atoms with Crippen LogP contribution in [0.15, 0.2) is 5.38 Å². The lowest BCUT2D eigenvalue weighted by atomic mass is 10.4. The molecule has 1 aromatic heterocycles. The van der Waals surface area contributed by atoms with E-state index in [4.69, 9.17) is 0 Å². The van der Waals surface area contributed by atoms with Crippen molar-refractivity contribution in [3.8, 4) is 0 Å². The van der Waals surface area contributed by atoms with Crippen molar-refractivity contribution in [2.24, 2.45) is 5.92 Å². The van der Waals surface area contributed by atoms with Gasteiger partial charge in [0, 0.05) is 11.9 Å². The molecule has 1 fully saturated rings. The third-order valence-corrected chi connectivity index (χ3v) is 3.17. The predicted molar refractivity (Wildman–Crippen MR) is 61.2 cm³/mol. The van der Waals surface area contributed by atoms with Crippen LogP contribution in [0, 0.1) is 12.8 Å². The maximum Gasteiger partial charge on any atom is 0.315 e. The number of thiazole rings is 1. The lowest BCUT2D eigenvalue weighted by Crippen LogP contribution is -2.36. The van der Waals surface area contributed by atoms with Crippen LogP contribution in [-0.2, 0) is 9.59 Å². The number of amides is 2. The van der Waals surface area contributed by atoms with Gasteiger partial charge in [-0.15, -0.1) is 11.3 Å². The second-order valence-corrected chi connectivity index (χ2v) is 4.76. The smallest absolute Gasteiger partial charge is 0.315 e. The number of hydrogen-bond donors (Lipinski definition) is 2. The molecule has 1 heterocycles. The van der Waals surface area contributed by atoms with E-state index in [-0.39, 0.29) is 0 Å². The zero-order valence-corrected chi connectivity index (χ0v) is 9.76. The third kappa shape index (κ3) is 3.03. The average Bonchev–Trinajstić information content (AvgIpc) is 2.99. The van der Waals surface area contributed by atoms with Crippen molar-refractivity contribution >= 4 is 28.3 Å². The summed E-state index contributed by atoms with van der Waals surface area (Å²) in [5.41, 5.74) is 0.832. The Balaban J connectivity index is 1.79. The first-order valence-electron chi connectivity index (χ1n) is 5.16. The van der Waals surface area contributed by atoms with Crippen LogP contribution in [0.4, 0.5) is 5.13 Å². The summed E-state index contributed by atoms with van der Waals surface area (Å²) in [6, 6.07) is 0. The fourth-order valence-electron chi connectivity index (χ4n) is 1.20. The highest BCUT2D eigenvalue weighted by Crippen LogP contribution is 2.27. The molecule has 16 heavy (non-hydrogen) atoms. The molecule has 86 valence electrons. The lowest BCUT2D eigenvalue weighted by molar-refractivity contribution is -0.136. The lowest BCUT2D eigenvalue weighted by Gasteiger charge is -2.02. The number of rotatable bonds is 3. The molecule has 0 spiro atoms. The Kier molecular flexibility index (Phi) is 3.19. The van der Waals surface area contributed by atoms with Crippen molar-refractivity contribution in [2.45, 2.75) is 19.8 Å². The maximum absolute atomic E-state index is 11.4. The van der Waals surface area contributed by atoms with E-state index in [9.17, 15) is 9.59 Å². The number of aryl methyl sites for hydroxylation is 1. The highest BCUT2D eigenvalue weighted by atomic mass is 32.1. The number of carbonyl (C=O) groups excluding carboxylic acids is 2. The van der Waals surface area contributed by atoms with E-state index in [1.807, 2.05) is 12.3 Å². The Morgan fingerprint density at radius 1 is 1.50 bits per heavy atom. The molecule has 0 aliphatic heterocycles. The first kappa shape index (κ1) is 11.1. The van der Waals surface area contributed by atoms with Gasteiger partial charge in [-0.1, -0.05) is 0 Å². The summed E-state index contributed by atoms with van der Waals surface area (Å²) in [6.45, 7) is 2.43. The molecule has 0 unspecified atom stereocenters. The van der Waals surface area contributed by atoms with Gasteiger partial charge in [-0.25, -0.2) is 4.98 Å². The third-order valence-electron chi connectivity index (χ3n) is 2.29. The Morgan fingerprint density at radius 2 is 2.25 bits per heavy atom. The maximum atomic E-state index is 11.4. The van der Waals surface area contributed by atoms with Crippen molar-refractivity contribution in [3.63, 3.8) is 0 Å². The molecule has 1 aromatic rings. The molecule has 5 nitrogen and oxygen atoms in total. The zero-order valence-electron chi connectivity index (χ0n) is 8.95. The molecular weight excluding hydrogens is 226 g/mol. The number of carbonyl (C=O) groups is 2. The SMILES string of the molecule is Cc1csc(NC(=O)C(=O)NCC2CC2)n1. The van der Waals surface area contributed by atoms with Gasteiger partial charge in [0.2, 0.25) is 0 Å². The topological polar surface area (TPSA) is 71.1 Å². The predicted octanol–water partition coefficient (Wildman–Crippen LogP) is 0.916. The van der Waals surface area contributed by atoms with E-state index >= 15 is 0 Å². The van der Waals surface area contributed by atoms with Crippen LogP contribution in [0.5, 0.6) is 0 Å². The highest BCUT2D eigenvalue weighted by Gasteiger charge is 2.23. The Bertz CT molecular complexity index is 412. The van der Waals surface area contributed by atoms with Crippen molar-refractivity contribution in [1.29, 1.82) is 0 Å². The molecule has 2 amide bonds. The second kappa shape index (κ2) is 4.61. The number of nitrogens with one attached hydrogen (secondary N) is 2. The van der Waals surface area contributed by atoms with E-state index in [0.29, 0.717) is 17.6 Å². The van der Waals surface area contributed by atoms with Crippen LogP contribution >= 0.6 is 11.3 Å². The molecule has 1 aliphatic rings. The number of aromatic nitrogens is 1. The Labute approximate surface area is 97.3 Å². The molecule has 1 saturated carbocycles. The summed E-state index contributed by atoms with van der Waals surface area (Å²) in [7, 11) is 0. The second-order valence-electron chi connectivity index (χ2n) is 3.90. The van der Waals surface area contributed by atoms with Gasteiger partial charge in [-0.05, 0) is 25.7 Å². The molecule has 0 atom stereocenters. The van der Waals surface area contributed by atoms with Gasteiger partial charge in [0.05, 0.1) is 5.69 Å². The van der Waals surface area contributed by atoms with Gasteiger partial charge in [-0.2, -0.15) is 0 Å². The van der Waals surface area contributed by atoms with Gasteiger partial charge < -0.3 is 5.32 Å². The minimum Gasteiger partial charge on any atom is -0.348 e. The quantitative estimate of drug-likeness (QED) is 0.770. The summed E-state index contributed by atoms with van der Waals surface area (Å²) in [4.78, 5) is 26.8. The monoisotopic (exact) mass is 239 g/mol. The first-order chi connectivity index (χ1) is 7.65. The van der Waals surface area contributed by atoms with E-state index in [0.717, 1.165) is 18.5 Å². The number of nitrogens with zero attached hydrogens (tertiary/aromatic N) is 1. The minimum absolute atomic E-state index is 0.462. The van der Waals surface area contributed by atoms with Crippen molar-refractivity contribution in [3.05, 3.63) is 11.1 Å². The Hall–Kier alpha value is -1.43. The van der Waals surface area contributed by atoms with Crippen molar-refractivity contribution in [2.75, 3.05) is 11.9 Å². The van der Waals surface area contributed by atoms with Crippen LogP contribution in [0.3, 0.4) is 0 Å². The largest absolute Gasteiger partial charge is 0.348 e. The normalized spacial score (nSPS) is 14.6. The molecule has 0 saturated heterocycles. The summed E-state index contributed by atoms with van der Waals surface area (Å²) >= 11 is 1.31. The molecular formula is C10H13N3O2S. The first-order valence-corrected chi connectivity index (χ1v) is 6.04. The summed E-state index contributed by atoms with van der Waals surface area (Å²) in [5, 5.41) is 7.34. The van der Waals surface area contributed by atoms with E-state index in [1.165, 1.54) is 11.3 Å². The molecule has 0 aromatic carbocycles. The average molecular weight is 239 g/mol. The Morgan fingerprint density at radius 3 is 2.81 bits per heavy atom. The zero-order chi connectivity index (χ0) is 11.5. The molecule has 0 bridgehead atoms. The van der Waals surface area contributed by atoms with Gasteiger partial charge in [-0.3, -0.25) is 14.9 Å².